The van der Waals surface area contributed by atoms with Crippen LogP contribution in [0.4, 0.5) is 0 Å². The maximum atomic E-state index is 5.65. The molecule has 2 aromatic rings. The summed E-state index contributed by atoms with van der Waals surface area (Å²) in [5.41, 5.74) is 8.57. The van der Waals surface area contributed by atoms with Crippen LogP contribution >= 0.6 is 24.0 Å². The molecule has 0 radical (unpaired) electrons. The number of nitrogens with two attached hydrogens (primary N) is 1. The number of benzene rings is 1. The minimum absolute atomic E-state index is 0. The van der Waals surface area contributed by atoms with E-state index in [4.69, 9.17) is 10.2 Å². The van der Waals surface area contributed by atoms with E-state index in [2.05, 4.69) is 15.3 Å². The van der Waals surface area contributed by atoms with E-state index in [0.717, 1.165) is 17.8 Å². The Balaban J connectivity index is 0.00000200. The Morgan fingerprint density at radius 3 is 2.70 bits per heavy atom. The van der Waals surface area contributed by atoms with Gasteiger partial charge >= 0.3 is 0 Å². The van der Waals surface area contributed by atoms with Crippen LogP contribution in [0.5, 0.6) is 0 Å². The molecule has 1 heterocycles. The maximum absolute atomic E-state index is 5.65. The van der Waals surface area contributed by atoms with Crippen LogP contribution in [-0.2, 0) is 6.54 Å². The van der Waals surface area contributed by atoms with Crippen LogP contribution in [0.15, 0.2) is 39.9 Å². The van der Waals surface area contributed by atoms with E-state index in [1.807, 2.05) is 38.1 Å². The quantitative estimate of drug-likeness (QED) is 0.481. The molecular formula is C14H19IN4O. The summed E-state index contributed by atoms with van der Waals surface area (Å²) in [6.07, 6.45) is 1.61. The van der Waals surface area contributed by atoms with Crippen LogP contribution < -0.4 is 11.1 Å². The van der Waals surface area contributed by atoms with Crippen LogP contribution in [0, 0.1) is 6.92 Å². The summed E-state index contributed by atoms with van der Waals surface area (Å²) in [7, 11) is 0. The zero-order chi connectivity index (χ0) is 13.7. The number of oxazole rings is 1. The first-order chi connectivity index (χ1) is 9.19. The number of guanidine groups is 1. The topological polar surface area (TPSA) is 76.4 Å². The first kappa shape index (κ1) is 16.5. The second-order valence-electron chi connectivity index (χ2n) is 4.24. The number of aromatic nitrogens is 1. The van der Waals surface area contributed by atoms with Crippen LogP contribution in [0.2, 0.25) is 0 Å². The van der Waals surface area contributed by atoms with Crippen molar-refractivity contribution in [3.8, 4) is 11.5 Å². The van der Waals surface area contributed by atoms with Gasteiger partial charge in [-0.2, -0.15) is 0 Å². The van der Waals surface area contributed by atoms with Crippen molar-refractivity contribution in [2.75, 3.05) is 6.54 Å². The van der Waals surface area contributed by atoms with Gasteiger partial charge in [0.15, 0.2) is 5.96 Å². The first-order valence-corrected chi connectivity index (χ1v) is 6.24. The summed E-state index contributed by atoms with van der Waals surface area (Å²) >= 11 is 0. The Morgan fingerprint density at radius 1 is 1.35 bits per heavy atom. The lowest BCUT2D eigenvalue weighted by Gasteiger charge is -1.99. The van der Waals surface area contributed by atoms with Crippen LogP contribution in [-0.4, -0.2) is 17.5 Å². The summed E-state index contributed by atoms with van der Waals surface area (Å²) in [5, 5.41) is 2.93. The molecular weight excluding hydrogens is 367 g/mol. The molecule has 0 saturated heterocycles. The lowest BCUT2D eigenvalue weighted by molar-refractivity contribution is 0.572. The number of hydrogen-bond donors (Lipinski definition) is 2. The van der Waals surface area contributed by atoms with Crippen molar-refractivity contribution in [2.45, 2.75) is 20.4 Å². The van der Waals surface area contributed by atoms with Crippen molar-refractivity contribution < 1.29 is 4.42 Å². The molecule has 0 aliphatic rings. The van der Waals surface area contributed by atoms with E-state index in [-0.39, 0.29) is 24.0 Å². The van der Waals surface area contributed by atoms with Crippen molar-refractivity contribution in [2.24, 2.45) is 10.7 Å². The zero-order valence-electron chi connectivity index (χ0n) is 11.6. The van der Waals surface area contributed by atoms with E-state index < -0.39 is 0 Å². The summed E-state index contributed by atoms with van der Waals surface area (Å²) in [6, 6.07) is 8.03. The van der Waals surface area contributed by atoms with Gasteiger partial charge in [0.25, 0.3) is 0 Å². The molecule has 0 saturated carbocycles. The second kappa shape index (κ2) is 7.88. The maximum Gasteiger partial charge on any atom is 0.226 e. The Hall–Kier alpha value is -1.57. The molecule has 0 spiro atoms. The molecule has 0 bridgehead atoms. The van der Waals surface area contributed by atoms with Crippen LogP contribution in [0.1, 0.15) is 18.2 Å². The number of hydrogen-bond acceptors (Lipinski definition) is 3. The number of nitrogens with one attached hydrogen (secondary N) is 1. The normalized spacial score (nSPS) is 11.0. The molecule has 1 aromatic heterocycles. The third-order valence-corrected chi connectivity index (χ3v) is 2.62. The summed E-state index contributed by atoms with van der Waals surface area (Å²) < 4.78 is 5.44. The highest BCUT2D eigenvalue weighted by molar-refractivity contribution is 14.0. The number of nitrogens with zero attached hydrogens (tertiary/aromatic N) is 2. The fraction of sp³-hybridized carbons (Fsp3) is 0.286. The molecule has 0 amide bonds. The van der Waals surface area contributed by atoms with Crippen LogP contribution in [0.3, 0.4) is 0 Å². The van der Waals surface area contributed by atoms with E-state index >= 15 is 0 Å². The first-order valence-electron chi connectivity index (χ1n) is 6.24. The standard InChI is InChI=1S/C14H18N4O.HI/c1-3-16-14(15)17-8-12-9-19-13(18-12)11-6-4-10(2)5-7-11;/h4-7,9H,3,8H2,1-2H3,(H3,15,16,17);1H. The third kappa shape index (κ3) is 4.52. The average Bonchev–Trinajstić information content (AvgIpc) is 2.86. The van der Waals surface area contributed by atoms with Gasteiger partial charge in [-0.25, -0.2) is 9.98 Å². The van der Waals surface area contributed by atoms with Gasteiger partial charge in [-0.05, 0) is 26.0 Å². The summed E-state index contributed by atoms with van der Waals surface area (Å²) in [6.45, 7) is 5.17. The Bertz CT molecular complexity index is 563. The van der Waals surface area contributed by atoms with Crippen molar-refractivity contribution in [1.82, 2.24) is 10.3 Å². The van der Waals surface area contributed by atoms with Gasteiger partial charge in [-0.15, -0.1) is 24.0 Å². The summed E-state index contributed by atoms with van der Waals surface area (Å²) in [5.74, 6) is 1.02. The SMILES string of the molecule is CCNC(N)=NCc1coc(-c2ccc(C)cc2)n1.I. The predicted molar refractivity (Wildman–Crippen MR) is 91.1 cm³/mol. The predicted octanol–water partition coefficient (Wildman–Crippen LogP) is 2.69. The summed E-state index contributed by atoms with van der Waals surface area (Å²) in [4.78, 5) is 8.55. The lowest BCUT2D eigenvalue weighted by atomic mass is 10.1. The molecule has 0 aliphatic carbocycles. The van der Waals surface area contributed by atoms with Gasteiger partial charge in [0.05, 0.1) is 6.54 Å². The molecule has 20 heavy (non-hydrogen) atoms. The van der Waals surface area contributed by atoms with Gasteiger partial charge in [0.1, 0.15) is 12.0 Å². The van der Waals surface area contributed by atoms with Crippen molar-refractivity contribution in [3.63, 3.8) is 0 Å². The molecule has 2 rings (SSSR count). The fourth-order valence-corrected chi connectivity index (χ4v) is 1.61. The minimum atomic E-state index is 0. The number of halogens is 1. The van der Waals surface area contributed by atoms with Gasteiger partial charge < -0.3 is 15.5 Å². The van der Waals surface area contributed by atoms with E-state index in [0.29, 0.717) is 18.4 Å². The highest BCUT2D eigenvalue weighted by Crippen LogP contribution is 2.19. The average molecular weight is 386 g/mol. The van der Waals surface area contributed by atoms with Gasteiger partial charge in [0, 0.05) is 12.1 Å². The molecule has 0 fully saturated rings. The van der Waals surface area contributed by atoms with Crippen molar-refractivity contribution in [1.29, 1.82) is 0 Å². The molecule has 1 aromatic carbocycles. The Morgan fingerprint density at radius 2 is 2.05 bits per heavy atom. The second-order valence-corrected chi connectivity index (χ2v) is 4.24. The third-order valence-electron chi connectivity index (χ3n) is 2.62. The van der Waals surface area contributed by atoms with Crippen molar-refractivity contribution in [3.05, 3.63) is 41.8 Å². The van der Waals surface area contributed by atoms with E-state index in [9.17, 15) is 0 Å². The highest BCUT2D eigenvalue weighted by atomic mass is 127. The van der Waals surface area contributed by atoms with Crippen LogP contribution in [0.25, 0.3) is 11.5 Å². The zero-order valence-corrected chi connectivity index (χ0v) is 13.9. The molecule has 0 atom stereocenters. The minimum Gasteiger partial charge on any atom is -0.444 e. The molecule has 0 aliphatic heterocycles. The Kier molecular flexibility index (Phi) is 6.50. The van der Waals surface area contributed by atoms with E-state index in [1.54, 1.807) is 6.26 Å². The lowest BCUT2D eigenvalue weighted by Crippen LogP contribution is -2.31. The molecule has 6 heteroatoms. The van der Waals surface area contributed by atoms with Gasteiger partial charge in [-0.1, -0.05) is 17.7 Å². The molecule has 5 nitrogen and oxygen atoms in total. The van der Waals surface area contributed by atoms with Gasteiger partial charge in [-0.3, -0.25) is 0 Å². The number of aliphatic imine (C=N–C) groups is 1. The van der Waals surface area contributed by atoms with E-state index in [1.165, 1.54) is 5.56 Å². The smallest absolute Gasteiger partial charge is 0.226 e. The molecule has 0 unspecified atom stereocenters. The fourth-order valence-electron chi connectivity index (χ4n) is 1.61. The number of aryl methyl sites for hydroxylation is 1. The van der Waals surface area contributed by atoms with Gasteiger partial charge in [0.2, 0.25) is 5.89 Å². The molecule has 3 N–H and O–H groups in total. The monoisotopic (exact) mass is 386 g/mol. The Labute approximate surface area is 135 Å². The van der Waals surface area contributed by atoms with Crippen molar-refractivity contribution >= 4 is 29.9 Å². The molecule has 108 valence electrons. The largest absolute Gasteiger partial charge is 0.444 e. The highest BCUT2D eigenvalue weighted by Gasteiger charge is 2.06. The number of rotatable bonds is 4.